The van der Waals surface area contributed by atoms with Crippen LogP contribution >= 0.6 is 11.6 Å². The SMILES string of the molecule is Cc1noc2ncnc(N3CCC[C@H](C(=O)Nc4ccc(F)cc4Cl)C3)c12. The van der Waals surface area contributed by atoms with E-state index >= 15 is 0 Å². The Morgan fingerprint density at radius 3 is 3.07 bits per heavy atom. The molecule has 0 bridgehead atoms. The Bertz CT molecular complexity index is 1010. The van der Waals surface area contributed by atoms with Gasteiger partial charge in [-0.05, 0) is 38.0 Å². The molecule has 3 heterocycles. The van der Waals surface area contributed by atoms with E-state index in [1.807, 2.05) is 11.8 Å². The molecule has 1 aromatic carbocycles. The molecule has 9 heteroatoms. The van der Waals surface area contributed by atoms with Gasteiger partial charge in [0.2, 0.25) is 5.91 Å². The number of nitrogens with one attached hydrogen (secondary N) is 1. The first-order valence-electron chi connectivity index (χ1n) is 8.61. The van der Waals surface area contributed by atoms with Crippen molar-refractivity contribution < 1.29 is 13.7 Å². The van der Waals surface area contributed by atoms with Crippen LogP contribution in [-0.2, 0) is 4.79 Å². The number of amides is 1. The first-order chi connectivity index (χ1) is 13.0. The molecule has 1 saturated heterocycles. The highest BCUT2D eigenvalue weighted by molar-refractivity contribution is 6.33. The summed E-state index contributed by atoms with van der Waals surface area (Å²) >= 11 is 6.01. The summed E-state index contributed by atoms with van der Waals surface area (Å²) in [5.41, 5.74) is 1.55. The topological polar surface area (TPSA) is 84.2 Å². The van der Waals surface area contributed by atoms with E-state index in [1.165, 1.54) is 24.5 Å². The highest BCUT2D eigenvalue weighted by Crippen LogP contribution is 2.30. The van der Waals surface area contributed by atoms with Crippen LogP contribution in [0.5, 0.6) is 0 Å². The number of aromatic nitrogens is 3. The van der Waals surface area contributed by atoms with Gasteiger partial charge in [-0.3, -0.25) is 4.79 Å². The summed E-state index contributed by atoms with van der Waals surface area (Å²) in [7, 11) is 0. The molecule has 3 aromatic rings. The fraction of sp³-hybridized carbons (Fsp3) is 0.333. The molecule has 2 aromatic heterocycles. The van der Waals surface area contributed by atoms with Gasteiger partial charge in [-0.15, -0.1) is 0 Å². The number of hydrogen-bond donors (Lipinski definition) is 1. The molecular formula is C18H17ClFN5O2. The number of aryl methyl sites for hydroxylation is 1. The predicted molar refractivity (Wildman–Crippen MR) is 99.3 cm³/mol. The highest BCUT2D eigenvalue weighted by Gasteiger charge is 2.29. The quantitative estimate of drug-likeness (QED) is 0.737. The van der Waals surface area contributed by atoms with E-state index in [1.54, 1.807) is 0 Å². The number of fused-ring (bicyclic) bond motifs is 1. The van der Waals surface area contributed by atoms with Gasteiger partial charge in [0.05, 0.1) is 22.3 Å². The number of carbonyl (C=O) groups excluding carboxylic acids is 1. The van der Waals surface area contributed by atoms with Crippen LogP contribution in [0, 0.1) is 18.7 Å². The number of nitrogens with zero attached hydrogens (tertiary/aromatic N) is 4. The number of carbonyl (C=O) groups is 1. The van der Waals surface area contributed by atoms with Crippen molar-refractivity contribution in [3.63, 3.8) is 0 Å². The van der Waals surface area contributed by atoms with Crippen molar-refractivity contribution in [1.82, 2.24) is 15.1 Å². The van der Waals surface area contributed by atoms with Gasteiger partial charge in [-0.1, -0.05) is 16.8 Å². The third-order valence-electron chi connectivity index (χ3n) is 4.70. The van der Waals surface area contributed by atoms with Crippen LogP contribution in [0.2, 0.25) is 5.02 Å². The molecule has 1 atom stereocenters. The summed E-state index contributed by atoms with van der Waals surface area (Å²) < 4.78 is 18.4. The van der Waals surface area contributed by atoms with Crippen molar-refractivity contribution in [3.8, 4) is 0 Å². The van der Waals surface area contributed by atoms with E-state index in [-0.39, 0.29) is 16.8 Å². The number of anilines is 2. The average molecular weight is 390 g/mol. The maximum atomic E-state index is 13.2. The molecule has 0 aliphatic carbocycles. The summed E-state index contributed by atoms with van der Waals surface area (Å²) in [5, 5.41) is 7.68. The molecule has 27 heavy (non-hydrogen) atoms. The number of piperidine rings is 1. The third-order valence-corrected chi connectivity index (χ3v) is 5.02. The van der Waals surface area contributed by atoms with E-state index in [2.05, 4.69) is 20.4 Å². The lowest BCUT2D eigenvalue weighted by atomic mass is 9.96. The minimum Gasteiger partial charge on any atom is -0.355 e. The van der Waals surface area contributed by atoms with Crippen molar-refractivity contribution in [3.05, 3.63) is 41.1 Å². The zero-order chi connectivity index (χ0) is 19.0. The molecule has 1 fully saturated rings. The number of hydrogen-bond acceptors (Lipinski definition) is 6. The zero-order valence-electron chi connectivity index (χ0n) is 14.6. The van der Waals surface area contributed by atoms with Gasteiger partial charge in [0.1, 0.15) is 23.3 Å². The number of rotatable bonds is 3. The maximum Gasteiger partial charge on any atom is 0.263 e. The molecule has 140 valence electrons. The number of benzene rings is 1. The molecule has 4 rings (SSSR count). The highest BCUT2D eigenvalue weighted by atomic mass is 35.5. The Balaban J connectivity index is 1.54. The molecule has 0 unspecified atom stereocenters. The maximum absolute atomic E-state index is 13.2. The minimum absolute atomic E-state index is 0.152. The van der Waals surface area contributed by atoms with Crippen molar-refractivity contribution >= 4 is 40.1 Å². The largest absolute Gasteiger partial charge is 0.355 e. The lowest BCUT2D eigenvalue weighted by Gasteiger charge is -2.33. The molecule has 0 saturated carbocycles. The predicted octanol–water partition coefficient (Wildman–Crippen LogP) is 3.57. The minimum atomic E-state index is -0.446. The van der Waals surface area contributed by atoms with E-state index in [9.17, 15) is 9.18 Å². The first kappa shape index (κ1) is 17.7. The van der Waals surface area contributed by atoms with Crippen molar-refractivity contribution in [2.75, 3.05) is 23.3 Å². The van der Waals surface area contributed by atoms with Gasteiger partial charge in [0, 0.05) is 13.1 Å². The van der Waals surface area contributed by atoms with Crippen molar-refractivity contribution in [1.29, 1.82) is 0 Å². The van der Waals surface area contributed by atoms with Crippen LogP contribution in [0.4, 0.5) is 15.9 Å². The van der Waals surface area contributed by atoms with Crippen LogP contribution < -0.4 is 10.2 Å². The number of halogens is 2. The lowest BCUT2D eigenvalue weighted by molar-refractivity contribution is -0.120. The Kier molecular flexibility index (Phi) is 4.65. The van der Waals surface area contributed by atoms with Crippen molar-refractivity contribution in [2.24, 2.45) is 5.92 Å². The Hall–Kier alpha value is -2.74. The van der Waals surface area contributed by atoms with E-state index in [0.717, 1.165) is 30.6 Å². The average Bonchev–Trinajstić information content (AvgIpc) is 3.05. The van der Waals surface area contributed by atoms with Gasteiger partial charge in [0.15, 0.2) is 0 Å². The second-order valence-corrected chi connectivity index (χ2v) is 6.95. The normalized spacial score (nSPS) is 17.3. The van der Waals surface area contributed by atoms with Crippen molar-refractivity contribution in [2.45, 2.75) is 19.8 Å². The molecule has 7 nitrogen and oxygen atoms in total. The first-order valence-corrected chi connectivity index (χ1v) is 8.98. The smallest absolute Gasteiger partial charge is 0.263 e. The van der Waals surface area contributed by atoms with E-state index in [4.69, 9.17) is 16.1 Å². The summed E-state index contributed by atoms with van der Waals surface area (Å²) in [4.78, 5) is 23.2. The third kappa shape index (κ3) is 3.44. The Morgan fingerprint density at radius 1 is 1.41 bits per heavy atom. The second kappa shape index (κ2) is 7.11. The monoisotopic (exact) mass is 389 g/mol. The van der Waals surface area contributed by atoms with E-state index in [0.29, 0.717) is 23.6 Å². The van der Waals surface area contributed by atoms with Crippen LogP contribution in [-0.4, -0.2) is 34.1 Å². The molecule has 0 radical (unpaired) electrons. The van der Waals surface area contributed by atoms with Crippen LogP contribution in [0.1, 0.15) is 18.5 Å². The van der Waals surface area contributed by atoms with Gasteiger partial charge in [-0.25, -0.2) is 9.37 Å². The molecule has 1 N–H and O–H groups in total. The zero-order valence-corrected chi connectivity index (χ0v) is 15.3. The van der Waals surface area contributed by atoms with E-state index < -0.39 is 5.82 Å². The summed E-state index contributed by atoms with van der Waals surface area (Å²) in [6, 6.07) is 3.91. The Morgan fingerprint density at radius 2 is 2.26 bits per heavy atom. The molecule has 1 aliphatic rings. The molecular weight excluding hydrogens is 373 g/mol. The van der Waals surface area contributed by atoms with Gasteiger partial charge < -0.3 is 14.7 Å². The Labute approximate surface area is 159 Å². The standard InChI is InChI=1S/C18H17ClFN5O2/c1-10-15-16(21-9-22-18(15)27-24-10)25-6-2-3-11(8-25)17(26)23-14-5-4-12(20)7-13(14)19/h4-5,7,9,11H,2-3,6,8H2,1H3,(H,23,26)/t11-/m0/s1. The van der Waals surface area contributed by atoms with Gasteiger partial charge in [0.25, 0.3) is 5.71 Å². The van der Waals surface area contributed by atoms with Crippen LogP contribution in [0.25, 0.3) is 11.1 Å². The van der Waals surface area contributed by atoms with Gasteiger partial charge in [-0.2, -0.15) is 4.98 Å². The lowest BCUT2D eigenvalue weighted by Crippen LogP contribution is -2.41. The molecule has 1 aliphatic heterocycles. The van der Waals surface area contributed by atoms with Crippen LogP contribution in [0.15, 0.2) is 29.0 Å². The fourth-order valence-electron chi connectivity index (χ4n) is 3.35. The summed E-state index contributed by atoms with van der Waals surface area (Å²) in [6.45, 7) is 3.11. The fourth-order valence-corrected chi connectivity index (χ4v) is 3.57. The molecule has 0 spiro atoms. The summed E-state index contributed by atoms with van der Waals surface area (Å²) in [5.74, 6) is -0.125. The van der Waals surface area contributed by atoms with Gasteiger partial charge >= 0.3 is 0 Å². The second-order valence-electron chi connectivity index (χ2n) is 6.54. The van der Waals surface area contributed by atoms with Crippen LogP contribution in [0.3, 0.4) is 0 Å². The molecule has 1 amide bonds. The summed E-state index contributed by atoms with van der Waals surface area (Å²) in [6.07, 6.45) is 3.02.